The molecule has 18 heavy (non-hydrogen) atoms. The Kier molecular flexibility index (Phi) is 3.74. The van der Waals surface area contributed by atoms with E-state index in [1.165, 1.54) is 15.8 Å². The maximum absolute atomic E-state index is 13.2. The van der Waals surface area contributed by atoms with Gasteiger partial charge < -0.3 is 5.32 Å². The Labute approximate surface area is 112 Å². The van der Waals surface area contributed by atoms with Crippen molar-refractivity contribution < 1.29 is 4.39 Å². The van der Waals surface area contributed by atoms with Gasteiger partial charge in [-0.15, -0.1) is 11.3 Å². The Hall–Kier alpha value is -0.930. The molecule has 2 rings (SSSR count). The Morgan fingerprint density at radius 1 is 1.28 bits per heavy atom. The number of aryl methyl sites for hydroxylation is 1. The molecule has 0 saturated heterocycles. The first-order valence-electron chi connectivity index (χ1n) is 6.35. The third-order valence-electron chi connectivity index (χ3n) is 2.97. The van der Waals surface area contributed by atoms with Gasteiger partial charge in [0.15, 0.2) is 0 Å². The van der Waals surface area contributed by atoms with Crippen molar-refractivity contribution >= 4 is 21.4 Å². The molecule has 0 amide bonds. The smallest absolute Gasteiger partial charge is 0.124 e. The molecule has 0 aliphatic carbocycles. The van der Waals surface area contributed by atoms with Crippen molar-refractivity contribution in [1.82, 2.24) is 5.32 Å². The molecular weight excluding hydrogens is 245 g/mol. The minimum atomic E-state index is -0.151. The van der Waals surface area contributed by atoms with Gasteiger partial charge in [0.05, 0.1) is 0 Å². The molecule has 0 unspecified atom stereocenters. The summed E-state index contributed by atoms with van der Waals surface area (Å²) in [4.78, 5) is 1.33. The van der Waals surface area contributed by atoms with Crippen molar-refractivity contribution in [1.29, 1.82) is 0 Å². The van der Waals surface area contributed by atoms with Gasteiger partial charge in [0.2, 0.25) is 0 Å². The van der Waals surface area contributed by atoms with Crippen LogP contribution in [0.4, 0.5) is 4.39 Å². The molecule has 3 heteroatoms. The number of hydrogen-bond acceptors (Lipinski definition) is 2. The quantitative estimate of drug-likeness (QED) is 0.862. The minimum Gasteiger partial charge on any atom is -0.307 e. The molecule has 0 radical (unpaired) electrons. The van der Waals surface area contributed by atoms with E-state index in [1.807, 2.05) is 6.07 Å². The van der Waals surface area contributed by atoms with Crippen molar-refractivity contribution in [2.75, 3.05) is 0 Å². The second-order valence-electron chi connectivity index (χ2n) is 5.60. The van der Waals surface area contributed by atoms with Crippen LogP contribution in [0.1, 0.15) is 38.1 Å². The van der Waals surface area contributed by atoms with E-state index >= 15 is 0 Å². The van der Waals surface area contributed by atoms with Crippen molar-refractivity contribution in [3.05, 3.63) is 34.5 Å². The monoisotopic (exact) mass is 265 g/mol. The maximum atomic E-state index is 13.2. The summed E-state index contributed by atoms with van der Waals surface area (Å²) in [5, 5.41) is 4.71. The van der Waals surface area contributed by atoms with Crippen molar-refractivity contribution in [3.8, 4) is 0 Å². The summed E-state index contributed by atoms with van der Waals surface area (Å²) < 4.78 is 14.3. The minimum absolute atomic E-state index is 0.104. The lowest BCUT2D eigenvalue weighted by molar-refractivity contribution is 0.426. The number of rotatable bonds is 3. The van der Waals surface area contributed by atoms with Crippen molar-refractivity contribution in [2.45, 2.75) is 46.2 Å². The van der Waals surface area contributed by atoms with Gasteiger partial charge in [0.1, 0.15) is 5.82 Å². The van der Waals surface area contributed by atoms with Gasteiger partial charge in [-0.25, -0.2) is 4.39 Å². The van der Waals surface area contributed by atoms with Crippen LogP contribution in [0.3, 0.4) is 0 Å². The van der Waals surface area contributed by atoms with E-state index in [0.29, 0.717) is 0 Å². The Bertz CT molecular complexity index is 551. The fraction of sp³-hybridized carbons (Fsp3) is 0.467. The number of fused-ring (bicyclic) bond motifs is 1. The topological polar surface area (TPSA) is 12.0 Å². The van der Waals surface area contributed by atoms with Crippen LogP contribution in [-0.2, 0) is 13.0 Å². The fourth-order valence-corrected chi connectivity index (χ4v) is 3.31. The molecule has 1 aromatic heterocycles. The van der Waals surface area contributed by atoms with Gasteiger partial charge in [-0.2, -0.15) is 0 Å². The molecule has 1 nitrogen and oxygen atoms in total. The molecule has 2 aromatic rings. The summed E-state index contributed by atoms with van der Waals surface area (Å²) in [6.07, 6.45) is 0.993. The zero-order valence-electron chi connectivity index (χ0n) is 11.4. The predicted octanol–water partition coefficient (Wildman–Crippen LogP) is 4.49. The zero-order valence-corrected chi connectivity index (χ0v) is 12.2. The summed E-state index contributed by atoms with van der Waals surface area (Å²) in [5.41, 5.74) is 1.46. The SMILES string of the molecule is CCc1c(CNC(C)(C)C)sc2cc(F)ccc12. The van der Waals surface area contributed by atoms with Crippen LogP contribution in [0.5, 0.6) is 0 Å². The van der Waals surface area contributed by atoms with Gasteiger partial charge >= 0.3 is 0 Å². The second-order valence-corrected chi connectivity index (χ2v) is 6.74. The molecule has 0 aliphatic heterocycles. The highest BCUT2D eigenvalue weighted by atomic mass is 32.1. The number of halogens is 1. The summed E-state index contributed by atoms with van der Waals surface area (Å²) in [6, 6.07) is 5.09. The lowest BCUT2D eigenvalue weighted by Gasteiger charge is -2.20. The number of hydrogen-bond donors (Lipinski definition) is 1. The molecule has 0 spiro atoms. The van der Waals surface area contributed by atoms with E-state index in [2.05, 4.69) is 33.0 Å². The number of benzene rings is 1. The molecule has 98 valence electrons. The van der Waals surface area contributed by atoms with Crippen LogP contribution in [-0.4, -0.2) is 5.54 Å². The Balaban J connectivity index is 2.38. The van der Waals surface area contributed by atoms with E-state index in [0.717, 1.165) is 17.7 Å². The molecule has 1 aromatic carbocycles. The standard InChI is InChI=1S/C15H20FNS/c1-5-11-12-7-6-10(16)8-13(12)18-14(11)9-17-15(2,3)4/h6-8,17H,5,9H2,1-4H3. The number of nitrogens with one attached hydrogen (secondary N) is 1. The Morgan fingerprint density at radius 2 is 2.00 bits per heavy atom. The van der Waals surface area contributed by atoms with Gasteiger partial charge in [0, 0.05) is 21.7 Å². The highest BCUT2D eigenvalue weighted by molar-refractivity contribution is 7.19. The average molecular weight is 265 g/mol. The van der Waals surface area contributed by atoms with E-state index in [1.54, 1.807) is 23.5 Å². The van der Waals surface area contributed by atoms with E-state index < -0.39 is 0 Å². The molecule has 0 bridgehead atoms. The van der Waals surface area contributed by atoms with Gasteiger partial charge in [-0.1, -0.05) is 13.0 Å². The lowest BCUT2D eigenvalue weighted by atomic mass is 10.1. The summed E-state index contributed by atoms with van der Waals surface area (Å²) >= 11 is 1.70. The molecule has 0 atom stereocenters. The maximum Gasteiger partial charge on any atom is 0.124 e. The normalized spacial score (nSPS) is 12.3. The largest absolute Gasteiger partial charge is 0.307 e. The highest BCUT2D eigenvalue weighted by Gasteiger charge is 2.14. The molecular formula is C15H20FNS. The Morgan fingerprint density at radius 3 is 2.61 bits per heavy atom. The van der Waals surface area contributed by atoms with Crippen LogP contribution in [0, 0.1) is 5.82 Å². The van der Waals surface area contributed by atoms with Gasteiger partial charge in [-0.05, 0) is 50.3 Å². The average Bonchev–Trinajstić information content (AvgIpc) is 2.62. The zero-order chi connectivity index (χ0) is 13.3. The van der Waals surface area contributed by atoms with Crippen LogP contribution in [0.15, 0.2) is 18.2 Å². The molecule has 1 N–H and O–H groups in total. The van der Waals surface area contributed by atoms with Crippen molar-refractivity contribution in [2.24, 2.45) is 0 Å². The fourth-order valence-electron chi connectivity index (χ4n) is 2.05. The van der Waals surface area contributed by atoms with Gasteiger partial charge in [-0.3, -0.25) is 0 Å². The summed E-state index contributed by atoms with van der Waals surface area (Å²) in [6.45, 7) is 9.49. The number of thiophene rings is 1. The van der Waals surface area contributed by atoms with Gasteiger partial charge in [0.25, 0.3) is 0 Å². The van der Waals surface area contributed by atoms with Crippen LogP contribution in [0.2, 0.25) is 0 Å². The third-order valence-corrected chi connectivity index (χ3v) is 4.17. The van der Waals surface area contributed by atoms with Crippen LogP contribution < -0.4 is 5.32 Å². The van der Waals surface area contributed by atoms with E-state index in [-0.39, 0.29) is 11.4 Å². The predicted molar refractivity (Wildman–Crippen MR) is 77.8 cm³/mol. The summed E-state index contributed by atoms with van der Waals surface area (Å²) in [7, 11) is 0. The lowest BCUT2D eigenvalue weighted by Crippen LogP contribution is -2.35. The highest BCUT2D eigenvalue weighted by Crippen LogP contribution is 2.32. The van der Waals surface area contributed by atoms with Crippen molar-refractivity contribution in [3.63, 3.8) is 0 Å². The first-order valence-corrected chi connectivity index (χ1v) is 7.17. The van der Waals surface area contributed by atoms with Crippen LogP contribution >= 0.6 is 11.3 Å². The first kappa shape index (κ1) is 13.5. The molecule has 0 aliphatic rings. The van der Waals surface area contributed by atoms with Crippen LogP contribution in [0.25, 0.3) is 10.1 Å². The molecule has 0 saturated carbocycles. The van der Waals surface area contributed by atoms with E-state index in [9.17, 15) is 4.39 Å². The molecule has 1 heterocycles. The third kappa shape index (κ3) is 2.90. The first-order chi connectivity index (χ1) is 8.40. The summed E-state index contributed by atoms with van der Waals surface area (Å²) in [5.74, 6) is -0.151. The molecule has 0 fully saturated rings. The second kappa shape index (κ2) is 4.98. The van der Waals surface area contributed by atoms with E-state index in [4.69, 9.17) is 0 Å².